The SMILES string of the molecule is NCCNc1ccc(OCCO)cc1. The highest BCUT2D eigenvalue weighted by molar-refractivity contribution is 5.46. The van der Waals surface area contributed by atoms with E-state index >= 15 is 0 Å². The van der Waals surface area contributed by atoms with E-state index in [0.717, 1.165) is 18.0 Å². The lowest BCUT2D eigenvalue weighted by molar-refractivity contribution is 0.201. The van der Waals surface area contributed by atoms with Gasteiger partial charge in [-0.05, 0) is 24.3 Å². The lowest BCUT2D eigenvalue weighted by Crippen LogP contribution is -2.12. The highest BCUT2D eigenvalue weighted by Gasteiger charge is 1.93. The topological polar surface area (TPSA) is 67.5 Å². The number of hydrogen-bond acceptors (Lipinski definition) is 4. The molecule has 0 radical (unpaired) electrons. The van der Waals surface area contributed by atoms with Crippen molar-refractivity contribution in [3.63, 3.8) is 0 Å². The van der Waals surface area contributed by atoms with Crippen LogP contribution in [0, 0.1) is 0 Å². The summed E-state index contributed by atoms with van der Waals surface area (Å²) in [6.45, 7) is 1.74. The Balaban J connectivity index is 2.42. The lowest BCUT2D eigenvalue weighted by atomic mass is 10.3. The minimum absolute atomic E-state index is 0.0349. The Morgan fingerprint density at radius 1 is 1.29 bits per heavy atom. The van der Waals surface area contributed by atoms with Gasteiger partial charge in [-0.2, -0.15) is 0 Å². The summed E-state index contributed by atoms with van der Waals surface area (Å²) in [4.78, 5) is 0. The Hall–Kier alpha value is -1.26. The Morgan fingerprint density at radius 3 is 2.57 bits per heavy atom. The van der Waals surface area contributed by atoms with Gasteiger partial charge in [0, 0.05) is 18.8 Å². The van der Waals surface area contributed by atoms with Gasteiger partial charge in [-0.15, -0.1) is 0 Å². The summed E-state index contributed by atoms with van der Waals surface area (Å²) >= 11 is 0. The first-order valence-electron chi connectivity index (χ1n) is 4.64. The fraction of sp³-hybridized carbons (Fsp3) is 0.400. The van der Waals surface area contributed by atoms with Crippen molar-refractivity contribution >= 4 is 5.69 Å². The predicted molar refractivity (Wildman–Crippen MR) is 56.6 cm³/mol. The first-order chi connectivity index (χ1) is 6.86. The molecule has 0 aliphatic carbocycles. The minimum Gasteiger partial charge on any atom is -0.491 e. The van der Waals surface area contributed by atoms with Gasteiger partial charge in [-0.25, -0.2) is 0 Å². The number of nitrogens with two attached hydrogens (primary N) is 1. The molecule has 0 saturated carbocycles. The normalized spacial score (nSPS) is 9.86. The summed E-state index contributed by atoms with van der Waals surface area (Å²) in [6, 6.07) is 7.55. The molecule has 0 unspecified atom stereocenters. The van der Waals surface area contributed by atoms with Gasteiger partial charge in [0.25, 0.3) is 0 Å². The van der Waals surface area contributed by atoms with Gasteiger partial charge >= 0.3 is 0 Å². The van der Waals surface area contributed by atoms with E-state index in [4.69, 9.17) is 15.6 Å². The van der Waals surface area contributed by atoms with E-state index in [1.165, 1.54) is 0 Å². The number of anilines is 1. The molecule has 14 heavy (non-hydrogen) atoms. The largest absolute Gasteiger partial charge is 0.491 e. The summed E-state index contributed by atoms with van der Waals surface area (Å²) < 4.78 is 5.21. The Bertz CT molecular complexity index is 222. The minimum atomic E-state index is 0.0349. The molecular formula is C10H16N2O2. The molecular weight excluding hydrogens is 180 g/mol. The van der Waals surface area contributed by atoms with Gasteiger partial charge in [0.05, 0.1) is 6.61 Å². The van der Waals surface area contributed by atoms with E-state index in [9.17, 15) is 0 Å². The maximum Gasteiger partial charge on any atom is 0.119 e. The third-order valence-electron chi connectivity index (χ3n) is 1.69. The van der Waals surface area contributed by atoms with Gasteiger partial charge in [0.1, 0.15) is 12.4 Å². The average Bonchev–Trinajstić information content (AvgIpc) is 2.25. The summed E-state index contributed by atoms with van der Waals surface area (Å²) in [7, 11) is 0. The number of hydrogen-bond donors (Lipinski definition) is 3. The smallest absolute Gasteiger partial charge is 0.119 e. The standard InChI is InChI=1S/C10H16N2O2/c11-5-6-12-9-1-3-10(4-2-9)14-8-7-13/h1-4,12-13H,5-8,11H2. The zero-order valence-corrected chi connectivity index (χ0v) is 8.07. The second kappa shape index (κ2) is 6.23. The summed E-state index contributed by atoms with van der Waals surface area (Å²) in [5, 5.41) is 11.7. The van der Waals surface area contributed by atoms with Crippen LogP contribution in [0.4, 0.5) is 5.69 Å². The number of benzene rings is 1. The Kier molecular flexibility index (Phi) is 4.82. The zero-order valence-electron chi connectivity index (χ0n) is 8.07. The first-order valence-corrected chi connectivity index (χ1v) is 4.64. The molecule has 0 amide bonds. The van der Waals surface area contributed by atoms with E-state index < -0.39 is 0 Å². The quantitative estimate of drug-likeness (QED) is 0.617. The van der Waals surface area contributed by atoms with Crippen LogP contribution in [0.5, 0.6) is 5.75 Å². The maximum absolute atomic E-state index is 8.55. The highest BCUT2D eigenvalue weighted by Crippen LogP contribution is 2.14. The molecule has 4 N–H and O–H groups in total. The van der Waals surface area contributed by atoms with Gasteiger partial charge < -0.3 is 20.9 Å². The fourth-order valence-electron chi connectivity index (χ4n) is 1.05. The third-order valence-corrected chi connectivity index (χ3v) is 1.69. The van der Waals surface area contributed by atoms with Crippen LogP contribution in [0.1, 0.15) is 0 Å². The molecule has 0 aliphatic rings. The average molecular weight is 196 g/mol. The van der Waals surface area contributed by atoms with Crippen LogP contribution in [0.25, 0.3) is 0 Å². The molecule has 0 saturated heterocycles. The molecule has 0 aliphatic heterocycles. The van der Waals surface area contributed by atoms with Crippen molar-refractivity contribution in [1.82, 2.24) is 0 Å². The van der Waals surface area contributed by atoms with Crippen LogP contribution < -0.4 is 15.8 Å². The molecule has 78 valence electrons. The highest BCUT2D eigenvalue weighted by atomic mass is 16.5. The van der Waals surface area contributed by atoms with Crippen LogP contribution in [0.3, 0.4) is 0 Å². The predicted octanol–water partition coefficient (Wildman–Crippen LogP) is 0.428. The van der Waals surface area contributed by atoms with Crippen LogP contribution in [0.15, 0.2) is 24.3 Å². The molecule has 0 spiro atoms. The number of aliphatic hydroxyl groups is 1. The van der Waals surface area contributed by atoms with Crippen LogP contribution in [-0.4, -0.2) is 31.4 Å². The maximum atomic E-state index is 8.55. The van der Waals surface area contributed by atoms with Gasteiger partial charge in [0.15, 0.2) is 0 Å². The monoisotopic (exact) mass is 196 g/mol. The van der Waals surface area contributed by atoms with Crippen LogP contribution in [-0.2, 0) is 0 Å². The van der Waals surface area contributed by atoms with Crippen molar-refractivity contribution in [2.24, 2.45) is 5.73 Å². The molecule has 1 aromatic rings. The van der Waals surface area contributed by atoms with Crippen molar-refractivity contribution in [2.45, 2.75) is 0 Å². The van der Waals surface area contributed by atoms with Gasteiger partial charge in [0.2, 0.25) is 0 Å². The molecule has 1 aromatic carbocycles. The lowest BCUT2D eigenvalue weighted by Gasteiger charge is -2.06. The van der Waals surface area contributed by atoms with Crippen LogP contribution >= 0.6 is 0 Å². The third kappa shape index (κ3) is 3.64. The van der Waals surface area contributed by atoms with Crippen LogP contribution in [0.2, 0.25) is 0 Å². The fourth-order valence-corrected chi connectivity index (χ4v) is 1.05. The van der Waals surface area contributed by atoms with E-state index in [1.54, 1.807) is 0 Å². The van der Waals surface area contributed by atoms with Gasteiger partial charge in [-0.3, -0.25) is 0 Å². The van der Waals surface area contributed by atoms with Crippen molar-refractivity contribution in [2.75, 3.05) is 31.6 Å². The molecule has 0 heterocycles. The Morgan fingerprint density at radius 2 is 2.00 bits per heavy atom. The summed E-state index contributed by atoms with van der Waals surface area (Å²) in [5.41, 5.74) is 6.38. The van der Waals surface area contributed by atoms with Gasteiger partial charge in [-0.1, -0.05) is 0 Å². The van der Waals surface area contributed by atoms with E-state index in [2.05, 4.69) is 5.32 Å². The van der Waals surface area contributed by atoms with Crippen molar-refractivity contribution in [3.8, 4) is 5.75 Å². The number of nitrogens with one attached hydrogen (secondary N) is 1. The molecule has 0 aromatic heterocycles. The van der Waals surface area contributed by atoms with E-state index in [-0.39, 0.29) is 6.61 Å². The molecule has 1 rings (SSSR count). The van der Waals surface area contributed by atoms with E-state index in [0.29, 0.717) is 13.2 Å². The number of ether oxygens (including phenoxy) is 1. The molecule has 0 atom stereocenters. The van der Waals surface area contributed by atoms with E-state index in [1.807, 2.05) is 24.3 Å². The molecule has 4 nitrogen and oxygen atoms in total. The number of rotatable bonds is 6. The second-order valence-electron chi connectivity index (χ2n) is 2.81. The van der Waals surface area contributed by atoms with Crippen molar-refractivity contribution in [3.05, 3.63) is 24.3 Å². The summed E-state index contributed by atoms with van der Waals surface area (Å²) in [5.74, 6) is 0.761. The summed E-state index contributed by atoms with van der Waals surface area (Å²) in [6.07, 6.45) is 0. The number of aliphatic hydroxyl groups excluding tert-OH is 1. The molecule has 4 heteroatoms. The zero-order chi connectivity index (χ0) is 10.2. The Labute approximate surface area is 83.7 Å². The van der Waals surface area contributed by atoms with Crippen molar-refractivity contribution in [1.29, 1.82) is 0 Å². The first kappa shape index (κ1) is 10.8. The van der Waals surface area contributed by atoms with Crippen molar-refractivity contribution < 1.29 is 9.84 Å². The molecule has 0 fully saturated rings. The molecule has 0 bridgehead atoms. The second-order valence-corrected chi connectivity index (χ2v) is 2.81.